The first-order chi connectivity index (χ1) is 6.18. The molecule has 5 heteroatoms. The van der Waals surface area contributed by atoms with Gasteiger partial charge in [-0.05, 0) is 6.07 Å². The fourth-order valence-electron chi connectivity index (χ4n) is 1.16. The lowest BCUT2D eigenvalue weighted by atomic mass is 10.1. The van der Waals surface area contributed by atoms with Crippen molar-refractivity contribution < 1.29 is 14.6 Å². The molecule has 68 valence electrons. The third-order valence-electron chi connectivity index (χ3n) is 1.74. The summed E-state index contributed by atoms with van der Waals surface area (Å²) >= 11 is 5.76. The third kappa shape index (κ3) is 1.34. The SMILES string of the molecule is O=C1NC(O)c2cccc(Cl)c2O1. The van der Waals surface area contributed by atoms with Crippen LogP contribution in [0, 0.1) is 0 Å². The lowest BCUT2D eigenvalue weighted by Gasteiger charge is -2.22. The van der Waals surface area contributed by atoms with Gasteiger partial charge in [-0.1, -0.05) is 23.7 Å². The molecule has 1 aliphatic heterocycles. The number of hydrogen-bond donors (Lipinski definition) is 2. The topological polar surface area (TPSA) is 58.6 Å². The third-order valence-corrected chi connectivity index (χ3v) is 2.04. The molecule has 1 aromatic rings. The molecular weight excluding hydrogens is 194 g/mol. The second kappa shape index (κ2) is 2.90. The summed E-state index contributed by atoms with van der Waals surface area (Å²) < 4.78 is 4.79. The van der Waals surface area contributed by atoms with E-state index >= 15 is 0 Å². The molecule has 0 aromatic heterocycles. The van der Waals surface area contributed by atoms with E-state index in [-0.39, 0.29) is 5.75 Å². The predicted molar refractivity (Wildman–Crippen MR) is 45.6 cm³/mol. The summed E-state index contributed by atoms with van der Waals surface area (Å²) in [7, 11) is 0. The van der Waals surface area contributed by atoms with Crippen LogP contribution in [0.25, 0.3) is 0 Å². The van der Waals surface area contributed by atoms with E-state index in [1.54, 1.807) is 18.2 Å². The van der Waals surface area contributed by atoms with Gasteiger partial charge in [0, 0.05) is 5.56 Å². The van der Waals surface area contributed by atoms with Gasteiger partial charge >= 0.3 is 6.09 Å². The molecular formula is C8H6ClNO3. The summed E-state index contributed by atoms with van der Waals surface area (Å²) in [5.41, 5.74) is 0.465. The van der Waals surface area contributed by atoms with E-state index in [9.17, 15) is 9.90 Å². The quantitative estimate of drug-likeness (QED) is 0.665. The lowest BCUT2D eigenvalue weighted by molar-refractivity contribution is 0.109. The number of benzene rings is 1. The molecule has 0 spiro atoms. The monoisotopic (exact) mass is 199 g/mol. The number of halogens is 1. The Morgan fingerprint density at radius 1 is 1.54 bits per heavy atom. The van der Waals surface area contributed by atoms with Gasteiger partial charge in [-0.15, -0.1) is 0 Å². The highest BCUT2D eigenvalue weighted by molar-refractivity contribution is 6.32. The van der Waals surface area contributed by atoms with Gasteiger partial charge in [0.05, 0.1) is 5.02 Å². The highest BCUT2D eigenvalue weighted by atomic mass is 35.5. The van der Waals surface area contributed by atoms with Crippen molar-refractivity contribution in [2.24, 2.45) is 0 Å². The highest BCUT2D eigenvalue weighted by Crippen LogP contribution is 2.34. The average Bonchev–Trinajstić information content (AvgIpc) is 2.07. The van der Waals surface area contributed by atoms with Crippen LogP contribution in [-0.2, 0) is 0 Å². The molecule has 1 atom stereocenters. The number of carbonyl (C=O) groups excluding carboxylic acids is 1. The maximum absolute atomic E-state index is 10.8. The smallest absolute Gasteiger partial charge is 0.408 e. The molecule has 13 heavy (non-hydrogen) atoms. The lowest BCUT2D eigenvalue weighted by Crippen LogP contribution is -2.35. The number of aliphatic hydroxyl groups is 1. The zero-order valence-electron chi connectivity index (χ0n) is 6.45. The van der Waals surface area contributed by atoms with E-state index in [4.69, 9.17) is 16.3 Å². The Morgan fingerprint density at radius 2 is 2.31 bits per heavy atom. The van der Waals surface area contributed by atoms with Gasteiger partial charge in [0.25, 0.3) is 0 Å². The molecule has 4 nitrogen and oxygen atoms in total. The van der Waals surface area contributed by atoms with Gasteiger partial charge in [-0.25, -0.2) is 4.79 Å². The van der Waals surface area contributed by atoms with Crippen molar-refractivity contribution in [3.05, 3.63) is 28.8 Å². The van der Waals surface area contributed by atoms with Crippen molar-refractivity contribution in [1.29, 1.82) is 0 Å². The molecule has 1 amide bonds. The largest absolute Gasteiger partial charge is 0.414 e. The summed E-state index contributed by atoms with van der Waals surface area (Å²) in [4.78, 5) is 10.8. The fraction of sp³-hybridized carbons (Fsp3) is 0.125. The van der Waals surface area contributed by atoms with Crippen LogP contribution in [0.4, 0.5) is 4.79 Å². The fourth-order valence-corrected chi connectivity index (χ4v) is 1.38. The molecule has 1 aromatic carbocycles. The number of ether oxygens (including phenoxy) is 1. The van der Waals surface area contributed by atoms with Crippen molar-refractivity contribution >= 4 is 17.7 Å². The number of nitrogens with one attached hydrogen (secondary N) is 1. The molecule has 0 bridgehead atoms. The van der Waals surface area contributed by atoms with Crippen LogP contribution in [0.5, 0.6) is 5.75 Å². The number of aliphatic hydroxyl groups excluding tert-OH is 1. The summed E-state index contributed by atoms with van der Waals surface area (Å²) in [6.07, 6.45) is -1.75. The van der Waals surface area contributed by atoms with Crippen molar-refractivity contribution in [2.75, 3.05) is 0 Å². The molecule has 0 saturated heterocycles. The summed E-state index contributed by atoms with van der Waals surface area (Å²) in [5.74, 6) is 0.223. The van der Waals surface area contributed by atoms with Gasteiger partial charge in [0.15, 0.2) is 12.0 Å². The number of para-hydroxylation sites is 1. The van der Waals surface area contributed by atoms with Crippen LogP contribution in [0.3, 0.4) is 0 Å². The Bertz CT molecular complexity index is 366. The minimum atomic E-state index is -1.05. The molecule has 2 rings (SSSR count). The Hall–Kier alpha value is -1.26. The first-order valence-corrected chi connectivity index (χ1v) is 4.01. The van der Waals surface area contributed by atoms with Crippen molar-refractivity contribution in [1.82, 2.24) is 5.32 Å². The molecule has 0 radical (unpaired) electrons. The maximum Gasteiger partial charge on any atom is 0.414 e. The minimum Gasteiger partial charge on any atom is -0.408 e. The van der Waals surface area contributed by atoms with Gasteiger partial charge in [0.2, 0.25) is 0 Å². The molecule has 0 fully saturated rings. The summed E-state index contributed by atoms with van der Waals surface area (Å²) in [6, 6.07) is 4.89. The van der Waals surface area contributed by atoms with Crippen LogP contribution in [0.1, 0.15) is 11.8 Å². The van der Waals surface area contributed by atoms with Gasteiger partial charge in [-0.2, -0.15) is 0 Å². The molecule has 1 heterocycles. The predicted octanol–water partition coefficient (Wildman–Crippen LogP) is 1.43. The van der Waals surface area contributed by atoms with Crippen LogP contribution in [-0.4, -0.2) is 11.2 Å². The second-order valence-electron chi connectivity index (χ2n) is 2.59. The molecule has 1 unspecified atom stereocenters. The van der Waals surface area contributed by atoms with E-state index in [0.717, 1.165) is 0 Å². The minimum absolute atomic E-state index is 0.223. The van der Waals surface area contributed by atoms with Gasteiger partial charge in [-0.3, -0.25) is 5.32 Å². The highest BCUT2D eigenvalue weighted by Gasteiger charge is 2.25. The zero-order valence-corrected chi connectivity index (χ0v) is 7.21. The van der Waals surface area contributed by atoms with E-state index in [1.165, 1.54) is 0 Å². The number of amides is 1. The molecule has 1 aliphatic rings. The number of fused-ring (bicyclic) bond motifs is 1. The van der Waals surface area contributed by atoms with Crippen LogP contribution < -0.4 is 10.1 Å². The number of hydrogen-bond acceptors (Lipinski definition) is 3. The van der Waals surface area contributed by atoms with Gasteiger partial charge < -0.3 is 9.84 Å². The van der Waals surface area contributed by atoms with Gasteiger partial charge in [0.1, 0.15) is 0 Å². The van der Waals surface area contributed by atoms with Crippen LogP contribution in [0.2, 0.25) is 5.02 Å². The van der Waals surface area contributed by atoms with Crippen LogP contribution in [0.15, 0.2) is 18.2 Å². The van der Waals surface area contributed by atoms with E-state index < -0.39 is 12.3 Å². The van der Waals surface area contributed by atoms with Crippen molar-refractivity contribution in [2.45, 2.75) is 6.23 Å². The second-order valence-corrected chi connectivity index (χ2v) is 3.00. The summed E-state index contributed by atoms with van der Waals surface area (Å²) in [6.45, 7) is 0. The molecule has 0 aliphatic carbocycles. The average molecular weight is 200 g/mol. The Kier molecular flexibility index (Phi) is 1.86. The first kappa shape index (κ1) is 8.34. The zero-order chi connectivity index (χ0) is 9.42. The first-order valence-electron chi connectivity index (χ1n) is 3.63. The Morgan fingerprint density at radius 3 is 3.08 bits per heavy atom. The maximum atomic E-state index is 10.8. The molecule has 0 saturated carbocycles. The van der Waals surface area contributed by atoms with E-state index in [2.05, 4.69) is 5.32 Å². The van der Waals surface area contributed by atoms with Crippen LogP contribution >= 0.6 is 11.6 Å². The Balaban J connectivity index is 2.54. The summed E-state index contributed by atoms with van der Waals surface area (Å²) in [5, 5.41) is 11.9. The number of rotatable bonds is 0. The Labute approximate surface area is 79.1 Å². The van der Waals surface area contributed by atoms with E-state index in [0.29, 0.717) is 10.6 Å². The van der Waals surface area contributed by atoms with Crippen molar-refractivity contribution in [3.8, 4) is 5.75 Å². The van der Waals surface area contributed by atoms with E-state index in [1.807, 2.05) is 0 Å². The normalized spacial score (nSPS) is 20.2. The van der Waals surface area contributed by atoms with Crippen molar-refractivity contribution in [3.63, 3.8) is 0 Å². The standard InChI is InChI=1S/C8H6ClNO3/c9-5-3-1-2-4-6(5)13-8(12)10-7(4)11/h1-3,7,11H,(H,10,12). The number of carbonyl (C=O) groups is 1. The molecule has 2 N–H and O–H groups in total.